The Balaban J connectivity index is 0. The molecule has 0 aliphatic carbocycles. The number of hydrogen-bond acceptors (Lipinski definition) is 1. The monoisotopic (exact) mass is 209 g/mol. The van der Waals surface area contributed by atoms with Crippen molar-refractivity contribution in [2.75, 3.05) is 0 Å². The van der Waals surface area contributed by atoms with Crippen LogP contribution < -0.4 is 5.73 Å². The topological polar surface area (TPSA) is 26.0 Å². The summed E-state index contributed by atoms with van der Waals surface area (Å²) < 4.78 is 0. The minimum atomic E-state index is 0. The van der Waals surface area contributed by atoms with Crippen LogP contribution in [0, 0.1) is 5.92 Å². The van der Waals surface area contributed by atoms with E-state index in [1.807, 2.05) is 0 Å². The quantitative estimate of drug-likeness (QED) is 0.686. The number of rotatable bonds is 5. The van der Waals surface area contributed by atoms with Crippen LogP contribution in [0.25, 0.3) is 0 Å². The van der Waals surface area contributed by atoms with Gasteiger partial charge >= 0.3 is 0 Å². The number of nitrogens with two attached hydrogens (primary N) is 1. The SMILES string of the molecule is CCC(C[SiH3])C(N)(CC)CC.Cl. The molecule has 0 radical (unpaired) electrons. The Morgan fingerprint density at radius 3 is 1.75 bits per heavy atom. The summed E-state index contributed by atoms with van der Waals surface area (Å²) in [5.41, 5.74) is 6.42. The third kappa shape index (κ3) is 3.46. The molecule has 0 heterocycles. The average Bonchev–Trinajstić information content (AvgIpc) is 2.06. The summed E-state index contributed by atoms with van der Waals surface area (Å²) in [6.07, 6.45) is 3.51. The third-order valence-electron chi connectivity index (χ3n) is 3.12. The molecule has 76 valence electrons. The highest BCUT2D eigenvalue weighted by atomic mass is 35.5. The van der Waals surface area contributed by atoms with E-state index in [2.05, 4.69) is 20.8 Å². The predicted molar refractivity (Wildman–Crippen MR) is 63.3 cm³/mol. The fourth-order valence-electron chi connectivity index (χ4n) is 1.93. The Kier molecular flexibility index (Phi) is 8.64. The molecule has 0 spiro atoms. The summed E-state index contributed by atoms with van der Waals surface area (Å²) in [6.45, 7) is 6.68. The summed E-state index contributed by atoms with van der Waals surface area (Å²) in [6, 6.07) is 1.36. The van der Waals surface area contributed by atoms with Gasteiger partial charge in [0.05, 0.1) is 0 Å². The van der Waals surface area contributed by atoms with Gasteiger partial charge in [0.15, 0.2) is 0 Å². The lowest BCUT2D eigenvalue weighted by Crippen LogP contribution is -2.45. The lowest BCUT2D eigenvalue weighted by Gasteiger charge is -2.35. The second-order valence-corrected chi connectivity index (χ2v) is 4.27. The van der Waals surface area contributed by atoms with E-state index in [1.54, 1.807) is 0 Å². The van der Waals surface area contributed by atoms with Crippen LogP contribution in [0.4, 0.5) is 0 Å². The Bertz CT molecular complexity index is 101. The van der Waals surface area contributed by atoms with Gasteiger partial charge in [0.2, 0.25) is 0 Å². The first-order valence-electron chi connectivity index (χ1n) is 4.93. The largest absolute Gasteiger partial charge is 0.325 e. The van der Waals surface area contributed by atoms with Gasteiger partial charge < -0.3 is 5.73 Å². The average molecular weight is 210 g/mol. The molecule has 0 aromatic rings. The number of halogens is 1. The van der Waals surface area contributed by atoms with Crippen LogP contribution in [0.2, 0.25) is 6.04 Å². The first-order chi connectivity index (χ1) is 5.14. The van der Waals surface area contributed by atoms with Gasteiger partial charge in [0.25, 0.3) is 0 Å². The highest BCUT2D eigenvalue weighted by molar-refractivity contribution is 6.08. The van der Waals surface area contributed by atoms with E-state index in [1.165, 1.54) is 22.7 Å². The summed E-state index contributed by atoms with van der Waals surface area (Å²) in [4.78, 5) is 0. The Labute approximate surface area is 86.3 Å². The van der Waals surface area contributed by atoms with Gasteiger partial charge in [-0.2, -0.15) is 0 Å². The van der Waals surface area contributed by atoms with Crippen LogP contribution in [0.1, 0.15) is 40.0 Å². The molecule has 0 aliphatic heterocycles. The van der Waals surface area contributed by atoms with Crippen molar-refractivity contribution in [1.29, 1.82) is 0 Å². The van der Waals surface area contributed by atoms with E-state index in [0.717, 1.165) is 18.8 Å². The van der Waals surface area contributed by atoms with Crippen LogP contribution in [-0.2, 0) is 0 Å². The second kappa shape index (κ2) is 6.93. The van der Waals surface area contributed by atoms with E-state index in [4.69, 9.17) is 5.73 Å². The molecule has 12 heavy (non-hydrogen) atoms. The zero-order valence-corrected chi connectivity index (χ0v) is 11.7. The van der Waals surface area contributed by atoms with Crippen molar-refractivity contribution >= 4 is 22.6 Å². The fraction of sp³-hybridized carbons (Fsp3) is 1.00. The summed E-state index contributed by atoms with van der Waals surface area (Å²) in [5, 5.41) is 0. The minimum Gasteiger partial charge on any atom is -0.325 e. The smallest absolute Gasteiger partial charge is 0.0174 e. The molecular formula is C9H24ClNSi. The fourth-order valence-corrected chi connectivity index (χ4v) is 3.32. The van der Waals surface area contributed by atoms with Crippen molar-refractivity contribution in [3.63, 3.8) is 0 Å². The van der Waals surface area contributed by atoms with Crippen molar-refractivity contribution < 1.29 is 0 Å². The molecule has 1 atom stereocenters. The van der Waals surface area contributed by atoms with Crippen molar-refractivity contribution in [2.24, 2.45) is 11.7 Å². The minimum absolute atomic E-state index is 0. The Hall–Kier alpha value is 0.467. The second-order valence-electron chi connectivity index (χ2n) is 3.45. The van der Waals surface area contributed by atoms with Crippen LogP contribution in [0.15, 0.2) is 0 Å². The van der Waals surface area contributed by atoms with Crippen molar-refractivity contribution in [3.05, 3.63) is 0 Å². The summed E-state index contributed by atoms with van der Waals surface area (Å²) >= 11 is 0. The van der Waals surface area contributed by atoms with Crippen molar-refractivity contribution in [2.45, 2.75) is 51.6 Å². The molecule has 1 nitrogen and oxygen atoms in total. The normalized spacial score (nSPS) is 14.0. The first-order valence-corrected chi connectivity index (χ1v) is 6.34. The van der Waals surface area contributed by atoms with Gasteiger partial charge in [-0.15, -0.1) is 12.4 Å². The molecule has 0 saturated carbocycles. The lowest BCUT2D eigenvalue weighted by atomic mass is 9.80. The molecule has 3 heteroatoms. The molecule has 0 saturated heterocycles. The number of hydrogen-bond donors (Lipinski definition) is 1. The molecule has 1 unspecified atom stereocenters. The summed E-state index contributed by atoms with van der Waals surface area (Å²) in [5.74, 6) is 0.768. The van der Waals surface area contributed by atoms with Crippen LogP contribution >= 0.6 is 12.4 Å². The summed E-state index contributed by atoms with van der Waals surface area (Å²) in [7, 11) is 1.29. The molecule has 0 aromatic heterocycles. The van der Waals surface area contributed by atoms with Crippen molar-refractivity contribution in [3.8, 4) is 0 Å². The van der Waals surface area contributed by atoms with Crippen molar-refractivity contribution in [1.82, 2.24) is 0 Å². The van der Waals surface area contributed by atoms with Crippen LogP contribution in [0.3, 0.4) is 0 Å². The predicted octanol–water partition coefficient (Wildman–Crippen LogP) is 1.74. The van der Waals surface area contributed by atoms with E-state index < -0.39 is 0 Å². The van der Waals surface area contributed by atoms with Gasteiger partial charge in [-0.25, -0.2) is 0 Å². The zero-order chi connectivity index (χ0) is 8.91. The maximum atomic E-state index is 6.28. The van der Waals surface area contributed by atoms with Gasteiger partial charge in [-0.05, 0) is 18.8 Å². The van der Waals surface area contributed by atoms with Gasteiger partial charge in [-0.1, -0.05) is 33.2 Å². The van der Waals surface area contributed by atoms with E-state index >= 15 is 0 Å². The maximum Gasteiger partial charge on any atom is 0.0174 e. The molecule has 0 amide bonds. The first kappa shape index (κ1) is 15.0. The molecule has 0 bridgehead atoms. The third-order valence-corrected chi connectivity index (χ3v) is 4.10. The Morgan fingerprint density at radius 2 is 1.67 bits per heavy atom. The van der Waals surface area contributed by atoms with E-state index in [-0.39, 0.29) is 17.9 Å². The molecule has 0 aromatic carbocycles. The molecule has 0 fully saturated rings. The lowest BCUT2D eigenvalue weighted by molar-refractivity contribution is 0.263. The highest BCUT2D eigenvalue weighted by Crippen LogP contribution is 2.27. The molecule has 2 N–H and O–H groups in total. The highest BCUT2D eigenvalue weighted by Gasteiger charge is 2.28. The molecular weight excluding hydrogens is 186 g/mol. The van der Waals surface area contributed by atoms with E-state index in [0.29, 0.717) is 0 Å². The Morgan fingerprint density at radius 1 is 1.25 bits per heavy atom. The standard InChI is InChI=1S/C9H23NSi.ClH/c1-4-8(7-11)9(10,5-2)6-3;/h8H,4-7,10H2,1-3,11H3;1H. The van der Waals surface area contributed by atoms with Gasteiger partial charge in [0, 0.05) is 15.8 Å². The van der Waals surface area contributed by atoms with Crippen LogP contribution in [-0.4, -0.2) is 15.8 Å². The zero-order valence-electron chi connectivity index (χ0n) is 8.89. The van der Waals surface area contributed by atoms with E-state index in [9.17, 15) is 0 Å². The maximum absolute atomic E-state index is 6.28. The van der Waals surface area contributed by atoms with Gasteiger partial charge in [-0.3, -0.25) is 0 Å². The molecule has 0 aliphatic rings. The van der Waals surface area contributed by atoms with Gasteiger partial charge in [0.1, 0.15) is 0 Å². The molecule has 0 rings (SSSR count). The van der Waals surface area contributed by atoms with Crippen LogP contribution in [0.5, 0.6) is 0 Å².